The number of para-hydroxylation sites is 1. The predicted octanol–water partition coefficient (Wildman–Crippen LogP) is 1.54. The number of nitrogens with one attached hydrogen (secondary N) is 2. The fraction of sp³-hybridized carbons (Fsp3) is 0.556. The Hall–Kier alpha value is -2.24. The summed E-state index contributed by atoms with van der Waals surface area (Å²) in [6, 6.07) is 10.6. The van der Waals surface area contributed by atoms with E-state index >= 15 is 0 Å². The molecule has 0 fully saturated rings. The molecule has 0 aliphatic rings. The molecular formula is C18H31N5O. The first-order valence-electron chi connectivity index (χ1n) is 8.41. The number of amides is 1. The maximum atomic E-state index is 11.7. The first-order valence-corrected chi connectivity index (χ1v) is 8.41. The van der Waals surface area contributed by atoms with E-state index in [1.54, 1.807) is 19.0 Å². The minimum atomic E-state index is -0.0105. The van der Waals surface area contributed by atoms with E-state index < -0.39 is 0 Å². The minimum Gasteiger partial charge on any atom is -0.375 e. The molecule has 0 aliphatic carbocycles. The quantitative estimate of drug-likeness (QED) is 0.430. The van der Waals surface area contributed by atoms with Crippen LogP contribution in [0, 0.1) is 0 Å². The smallest absolute Gasteiger partial charge is 0.243 e. The molecule has 6 nitrogen and oxygen atoms in total. The molecular weight excluding hydrogens is 302 g/mol. The lowest BCUT2D eigenvalue weighted by Crippen LogP contribution is -2.42. The molecule has 0 spiro atoms. The van der Waals surface area contributed by atoms with Gasteiger partial charge in [0.2, 0.25) is 5.91 Å². The van der Waals surface area contributed by atoms with Crippen LogP contribution in [0.25, 0.3) is 0 Å². The second-order valence-electron chi connectivity index (χ2n) is 6.29. The van der Waals surface area contributed by atoms with Crippen molar-refractivity contribution in [2.75, 3.05) is 45.7 Å². The third-order valence-corrected chi connectivity index (χ3v) is 3.46. The maximum Gasteiger partial charge on any atom is 0.243 e. The number of nitrogens with zero attached hydrogens (tertiary/aromatic N) is 3. The molecule has 1 rings (SSSR count). The van der Waals surface area contributed by atoms with Crippen molar-refractivity contribution < 1.29 is 4.79 Å². The normalized spacial score (nSPS) is 11.3. The highest BCUT2D eigenvalue weighted by Crippen LogP contribution is 2.10. The van der Waals surface area contributed by atoms with Crippen molar-refractivity contribution in [3.8, 4) is 0 Å². The molecule has 0 heterocycles. The van der Waals surface area contributed by atoms with Gasteiger partial charge < -0.3 is 20.4 Å². The lowest BCUT2D eigenvalue weighted by atomic mass is 10.3. The van der Waals surface area contributed by atoms with E-state index in [2.05, 4.69) is 39.7 Å². The Bertz CT molecular complexity index is 513. The molecule has 134 valence electrons. The van der Waals surface area contributed by atoms with E-state index in [-0.39, 0.29) is 18.5 Å². The summed E-state index contributed by atoms with van der Waals surface area (Å²) in [5, 5.41) is 6.54. The number of hydrogen-bond acceptors (Lipinski definition) is 3. The van der Waals surface area contributed by atoms with Crippen molar-refractivity contribution in [3.05, 3.63) is 30.3 Å². The van der Waals surface area contributed by atoms with Crippen molar-refractivity contribution >= 4 is 17.6 Å². The van der Waals surface area contributed by atoms with E-state index in [9.17, 15) is 4.79 Å². The average molecular weight is 333 g/mol. The molecule has 0 radical (unpaired) electrons. The summed E-state index contributed by atoms with van der Waals surface area (Å²) in [6.07, 6.45) is 0.978. The second-order valence-corrected chi connectivity index (χ2v) is 6.29. The number of benzene rings is 1. The van der Waals surface area contributed by atoms with Gasteiger partial charge in [0.1, 0.15) is 6.54 Å². The standard InChI is InChI=1S/C18H31N5O/c1-15(2)21-18(20-14-17(24)22(3)4)19-12-9-13-23(5)16-10-7-6-8-11-16/h6-8,10-11,15H,9,12-14H2,1-5H3,(H2,19,20,21). The number of carbonyl (C=O) groups excluding carboxylic acids is 1. The fourth-order valence-electron chi connectivity index (χ4n) is 2.05. The zero-order chi connectivity index (χ0) is 17.9. The van der Waals surface area contributed by atoms with Gasteiger partial charge in [-0.2, -0.15) is 0 Å². The summed E-state index contributed by atoms with van der Waals surface area (Å²) in [7, 11) is 5.56. The molecule has 0 saturated carbocycles. The highest BCUT2D eigenvalue weighted by Gasteiger charge is 2.06. The van der Waals surface area contributed by atoms with Gasteiger partial charge in [-0.15, -0.1) is 0 Å². The van der Waals surface area contributed by atoms with Gasteiger partial charge in [0.15, 0.2) is 5.96 Å². The predicted molar refractivity (Wildman–Crippen MR) is 102 cm³/mol. The lowest BCUT2D eigenvalue weighted by molar-refractivity contribution is -0.127. The molecule has 1 aromatic rings. The Labute approximate surface area is 145 Å². The van der Waals surface area contributed by atoms with Gasteiger partial charge in [-0.05, 0) is 32.4 Å². The third-order valence-electron chi connectivity index (χ3n) is 3.46. The van der Waals surface area contributed by atoms with Crippen LogP contribution in [0.4, 0.5) is 5.69 Å². The van der Waals surface area contributed by atoms with Gasteiger partial charge in [0, 0.05) is 46.0 Å². The summed E-state index contributed by atoms with van der Waals surface area (Å²) >= 11 is 0. The highest BCUT2D eigenvalue weighted by molar-refractivity contribution is 5.84. The first kappa shape index (κ1) is 19.8. The van der Waals surface area contributed by atoms with E-state index in [4.69, 9.17) is 0 Å². The molecule has 0 aliphatic heterocycles. The fourth-order valence-corrected chi connectivity index (χ4v) is 2.05. The van der Waals surface area contributed by atoms with Crippen molar-refractivity contribution in [2.24, 2.45) is 4.99 Å². The molecule has 0 unspecified atom stereocenters. The topological polar surface area (TPSA) is 60.0 Å². The molecule has 1 amide bonds. The monoisotopic (exact) mass is 333 g/mol. The van der Waals surface area contributed by atoms with Gasteiger partial charge in [0.25, 0.3) is 0 Å². The summed E-state index contributed by atoms with van der Waals surface area (Å²) in [5.74, 6) is 0.672. The van der Waals surface area contributed by atoms with Crippen LogP contribution >= 0.6 is 0 Å². The van der Waals surface area contributed by atoms with Gasteiger partial charge in [-0.25, -0.2) is 4.99 Å². The van der Waals surface area contributed by atoms with Crippen LogP contribution in [0.3, 0.4) is 0 Å². The van der Waals surface area contributed by atoms with Crippen LogP contribution in [-0.2, 0) is 4.79 Å². The van der Waals surface area contributed by atoms with Crippen molar-refractivity contribution in [3.63, 3.8) is 0 Å². The zero-order valence-electron chi connectivity index (χ0n) is 15.5. The Kier molecular flexibility index (Phi) is 8.68. The Morgan fingerprint density at radius 3 is 2.42 bits per heavy atom. The van der Waals surface area contributed by atoms with Gasteiger partial charge in [-0.3, -0.25) is 4.79 Å². The van der Waals surface area contributed by atoms with E-state index in [0.717, 1.165) is 19.5 Å². The number of carbonyl (C=O) groups is 1. The van der Waals surface area contributed by atoms with Crippen LogP contribution < -0.4 is 15.5 Å². The van der Waals surface area contributed by atoms with Gasteiger partial charge in [-0.1, -0.05) is 18.2 Å². The van der Waals surface area contributed by atoms with Crippen LogP contribution in [0.1, 0.15) is 20.3 Å². The summed E-state index contributed by atoms with van der Waals surface area (Å²) in [4.78, 5) is 19.8. The number of likely N-dealkylation sites (N-methyl/N-ethyl adjacent to an activating group) is 1. The first-order chi connectivity index (χ1) is 11.4. The van der Waals surface area contributed by atoms with Gasteiger partial charge >= 0.3 is 0 Å². The van der Waals surface area contributed by atoms with Crippen molar-refractivity contribution in [1.82, 2.24) is 15.5 Å². The van der Waals surface area contributed by atoms with Crippen molar-refractivity contribution in [1.29, 1.82) is 0 Å². The maximum absolute atomic E-state index is 11.7. The Morgan fingerprint density at radius 2 is 1.83 bits per heavy atom. The lowest BCUT2D eigenvalue weighted by Gasteiger charge is -2.20. The van der Waals surface area contributed by atoms with Crippen LogP contribution in [0.5, 0.6) is 0 Å². The molecule has 24 heavy (non-hydrogen) atoms. The Balaban J connectivity index is 2.41. The number of rotatable bonds is 8. The molecule has 0 atom stereocenters. The van der Waals surface area contributed by atoms with Crippen LogP contribution in [0.2, 0.25) is 0 Å². The third kappa shape index (κ3) is 7.85. The summed E-state index contributed by atoms with van der Waals surface area (Å²) in [5.41, 5.74) is 1.21. The molecule has 6 heteroatoms. The van der Waals surface area contributed by atoms with Gasteiger partial charge in [0.05, 0.1) is 0 Å². The molecule has 2 N–H and O–H groups in total. The molecule has 1 aromatic carbocycles. The number of guanidine groups is 1. The number of anilines is 1. The molecule has 0 bridgehead atoms. The minimum absolute atomic E-state index is 0.0105. The zero-order valence-corrected chi connectivity index (χ0v) is 15.5. The largest absolute Gasteiger partial charge is 0.375 e. The SMILES string of the molecule is CC(C)NC(=NCC(=O)N(C)C)NCCCN(C)c1ccccc1. The van der Waals surface area contributed by atoms with Crippen LogP contribution in [0.15, 0.2) is 35.3 Å². The van der Waals surface area contributed by atoms with E-state index in [1.807, 2.05) is 32.0 Å². The summed E-state index contributed by atoms with van der Waals surface area (Å²) in [6.45, 7) is 6.00. The summed E-state index contributed by atoms with van der Waals surface area (Å²) < 4.78 is 0. The number of aliphatic imine (C=N–C) groups is 1. The highest BCUT2D eigenvalue weighted by atomic mass is 16.2. The molecule has 0 aromatic heterocycles. The average Bonchev–Trinajstić information content (AvgIpc) is 2.55. The van der Waals surface area contributed by atoms with Crippen molar-refractivity contribution in [2.45, 2.75) is 26.3 Å². The second kappa shape index (κ2) is 10.5. The van der Waals surface area contributed by atoms with E-state index in [1.165, 1.54) is 5.69 Å². The van der Waals surface area contributed by atoms with E-state index in [0.29, 0.717) is 5.96 Å². The van der Waals surface area contributed by atoms with Crippen LogP contribution in [-0.4, -0.2) is 63.6 Å². The number of hydrogen-bond donors (Lipinski definition) is 2. The molecule has 0 saturated heterocycles. The Morgan fingerprint density at radius 1 is 1.17 bits per heavy atom.